The van der Waals surface area contributed by atoms with Crippen molar-refractivity contribution >= 4 is 17.7 Å². The zero-order valence-electron chi connectivity index (χ0n) is 14.0. The summed E-state index contributed by atoms with van der Waals surface area (Å²) in [6.07, 6.45) is 6.08. The summed E-state index contributed by atoms with van der Waals surface area (Å²) in [5.74, 6) is -0.0722. The molecule has 25 heavy (non-hydrogen) atoms. The average molecular weight is 343 g/mol. The minimum atomic E-state index is -0.414. The van der Waals surface area contributed by atoms with Crippen LogP contribution < -0.4 is 16.0 Å². The van der Waals surface area contributed by atoms with Gasteiger partial charge in [0.15, 0.2) is 0 Å². The number of nitrogens with two attached hydrogens (primary N) is 1. The zero-order valence-corrected chi connectivity index (χ0v) is 14.0. The molecule has 0 aliphatic carbocycles. The number of anilines is 2. The highest BCUT2D eigenvalue weighted by Gasteiger charge is 2.17. The molecule has 2 heterocycles. The van der Waals surface area contributed by atoms with Gasteiger partial charge >= 0.3 is 0 Å². The molecule has 3 N–H and O–H groups in total. The highest BCUT2D eigenvalue weighted by Crippen LogP contribution is 2.18. The number of aromatic nitrogens is 2. The molecule has 1 aromatic carbocycles. The molecule has 7 heteroatoms. The van der Waals surface area contributed by atoms with Crippen molar-refractivity contribution in [1.29, 1.82) is 0 Å². The molecule has 3 rings (SSSR count). The van der Waals surface area contributed by atoms with Crippen LogP contribution in [-0.4, -0.2) is 29.0 Å². The van der Waals surface area contributed by atoms with Gasteiger partial charge in [-0.05, 0) is 18.9 Å². The Balaban J connectivity index is 1.67. The Morgan fingerprint density at radius 3 is 2.60 bits per heavy atom. The molecular formula is C18H22FN5O. The molecule has 2 aromatic rings. The van der Waals surface area contributed by atoms with Crippen molar-refractivity contribution in [2.45, 2.75) is 32.2 Å². The SMILES string of the molecule is Nc1nc(N2CCCCCC2)ncc1C(=O)NCc1ccccc1F. The lowest BCUT2D eigenvalue weighted by atomic mass is 10.2. The summed E-state index contributed by atoms with van der Waals surface area (Å²) in [6.45, 7) is 1.88. The first kappa shape index (κ1) is 17.1. The molecule has 1 aliphatic heterocycles. The van der Waals surface area contributed by atoms with E-state index < -0.39 is 5.91 Å². The molecule has 132 valence electrons. The lowest BCUT2D eigenvalue weighted by molar-refractivity contribution is 0.0951. The van der Waals surface area contributed by atoms with Crippen molar-refractivity contribution in [2.24, 2.45) is 0 Å². The van der Waals surface area contributed by atoms with E-state index >= 15 is 0 Å². The molecule has 0 atom stereocenters. The van der Waals surface area contributed by atoms with Gasteiger partial charge < -0.3 is 16.0 Å². The molecule has 0 bridgehead atoms. The van der Waals surface area contributed by atoms with Crippen LogP contribution in [-0.2, 0) is 6.54 Å². The van der Waals surface area contributed by atoms with Crippen LogP contribution in [0, 0.1) is 5.82 Å². The Kier molecular flexibility index (Phi) is 5.42. The van der Waals surface area contributed by atoms with Gasteiger partial charge in [-0.2, -0.15) is 4.98 Å². The van der Waals surface area contributed by atoms with Gasteiger partial charge in [-0.3, -0.25) is 4.79 Å². The van der Waals surface area contributed by atoms with Crippen LogP contribution in [0.3, 0.4) is 0 Å². The lowest BCUT2D eigenvalue weighted by Gasteiger charge is -2.20. The predicted octanol–water partition coefficient (Wildman–Crippen LogP) is 2.51. The first-order valence-electron chi connectivity index (χ1n) is 8.54. The molecule has 1 saturated heterocycles. The zero-order chi connectivity index (χ0) is 17.6. The molecule has 0 spiro atoms. The van der Waals surface area contributed by atoms with Crippen LogP contribution in [0.15, 0.2) is 30.5 Å². The van der Waals surface area contributed by atoms with Gasteiger partial charge in [0.2, 0.25) is 5.95 Å². The van der Waals surface area contributed by atoms with Gasteiger partial charge in [0.25, 0.3) is 5.91 Å². The number of halogens is 1. The Morgan fingerprint density at radius 1 is 1.20 bits per heavy atom. The number of carbonyl (C=O) groups excluding carboxylic acids is 1. The van der Waals surface area contributed by atoms with Crippen LogP contribution in [0.1, 0.15) is 41.6 Å². The Hall–Kier alpha value is -2.70. The van der Waals surface area contributed by atoms with Gasteiger partial charge in [0.1, 0.15) is 11.6 Å². The van der Waals surface area contributed by atoms with Gasteiger partial charge in [-0.25, -0.2) is 9.37 Å². The summed E-state index contributed by atoms with van der Waals surface area (Å²) in [7, 11) is 0. The highest BCUT2D eigenvalue weighted by atomic mass is 19.1. The Bertz CT molecular complexity index is 744. The maximum atomic E-state index is 13.6. The fraction of sp³-hybridized carbons (Fsp3) is 0.389. The molecule has 1 aliphatic rings. The summed E-state index contributed by atoms with van der Waals surface area (Å²) in [5.41, 5.74) is 6.57. The monoisotopic (exact) mass is 343 g/mol. The fourth-order valence-corrected chi connectivity index (χ4v) is 2.90. The number of benzene rings is 1. The number of hydrogen-bond acceptors (Lipinski definition) is 5. The minimum Gasteiger partial charge on any atom is -0.383 e. The molecule has 0 radical (unpaired) electrons. The molecule has 1 fully saturated rings. The van der Waals surface area contributed by atoms with Crippen molar-refractivity contribution < 1.29 is 9.18 Å². The largest absolute Gasteiger partial charge is 0.383 e. The minimum absolute atomic E-state index is 0.0822. The smallest absolute Gasteiger partial charge is 0.256 e. The quantitative estimate of drug-likeness (QED) is 0.891. The molecule has 0 saturated carbocycles. The van der Waals surface area contributed by atoms with E-state index in [0.29, 0.717) is 11.5 Å². The molecule has 1 aromatic heterocycles. The number of nitrogen functional groups attached to an aromatic ring is 1. The maximum absolute atomic E-state index is 13.6. The van der Waals surface area contributed by atoms with Gasteiger partial charge in [-0.1, -0.05) is 31.0 Å². The summed E-state index contributed by atoms with van der Waals surface area (Å²) in [6, 6.07) is 6.30. The second-order valence-electron chi connectivity index (χ2n) is 6.14. The maximum Gasteiger partial charge on any atom is 0.256 e. The van der Waals surface area contributed by atoms with E-state index in [9.17, 15) is 9.18 Å². The van der Waals surface area contributed by atoms with Crippen LogP contribution in [0.25, 0.3) is 0 Å². The van der Waals surface area contributed by atoms with Crippen LogP contribution in [0.4, 0.5) is 16.2 Å². The highest BCUT2D eigenvalue weighted by molar-refractivity contribution is 5.98. The van der Waals surface area contributed by atoms with E-state index in [0.717, 1.165) is 25.9 Å². The van der Waals surface area contributed by atoms with Crippen LogP contribution in [0.5, 0.6) is 0 Å². The van der Waals surface area contributed by atoms with Gasteiger partial charge in [0.05, 0.1) is 5.56 Å². The summed E-state index contributed by atoms with van der Waals surface area (Å²) >= 11 is 0. The third-order valence-corrected chi connectivity index (χ3v) is 4.34. The van der Waals surface area contributed by atoms with Crippen molar-refractivity contribution in [3.63, 3.8) is 0 Å². The predicted molar refractivity (Wildman–Crippen MR) is 94.7 cm³/mol. The van der Waals surface area contributed by atoms with E-state index in [1.54, 1.807) is 18.2 Å². The summed E-state index contributed by atoms with van der Waals surface area (Å²) in [5, 5.41) is 2.65. The fourth-order valence-electron chi connectivity index (χ4n) is 2.90. The van der Waals surface area contributed by atoms with E-state index in [4.69, 9.17) is 5.73 Å². The van der Waals surface area contributed by atoms with Crippen molar-refractivity contribution in [2.75, 3.05) is 23.7 Å². The summed E-state index contributed by atoms with van der Waals surface area (Å²) < 4.78 is 13.6. The number of nitrogens with one attached hydrogen (secondary N) is 1. The lowest BCUT2D eigenvalue weighted by Crippen LogP contribution is -2.28. The van der Waals surface area contributed by atoms with E-state index in [1.807, 2.05) is 0 Å². The third kappa shape index (κ3) is 4.23. The number of hydrogen-bond donors (Lipinski definition) is 2. The molecule has 6 nitrogen and oxygen atoms in total. The number of nitrogens with zero attached hydrogens (tertiary/aromatic N) is 3. The number of carbonyl (C=O) groups is 1. The van der Waals surface area contributed by atoms with Gasteiger partial charge in [-0.15, -0.1) is 0 Å². The topological polar surface area (TPSA) is 84.1 Å². The third-order valence-electron chi connectivity index (χ3n) is 4.34. The van der Waals surface area contributed by atoms with E-state index in [-0.39, 0.29) is 23.7 Å². The first-order valence-corrected chi connectivity index (χ1v) is 8.54. The van der Waals surface area contributed by atoms with Crippen LogP contribution >= 0.6 is 0 Å². The van der Waals surface area contributed by atoms with Crippen molar-refractivity contribution in [1.82, 2.24) is 15.3 Å². The second-order valence-corrected chi connectivity index (χ2v) is 6.14. The number of amides is 1. The summed E-state index contributed by atoms with van der Waals surface area (Å²) in [4.78, 5) is 23.0. The number of rotatable bonds is 4. The van der Waals surface area contributed by atoms with Crippen molar-refractivity contribution in [3.8, 4) is 0 Å². The normalized spacial score (nSPS) is 14.8. The van der Waals surface area contributed by atoms with Gasteiger partial charge in [0, 0.05) is 31.4 Å². The van der Waals surface area contributed by atoms with Crippen LogP contribution in [0.2, 0.25) is 0 Å². The molecular weight excluding hydrogens is 321 g/mol. The Labute approximate surface area is 146 Å². The average Bonchev–Trinajstić information content (AvgIpc) is 2.90. The van der Waals surface area contributed by atoms with E-state index in [1.165, 1.54) is 25.1 Å². The second kappa shape index (κ2) is 7.92. The molecule has 1 amide bonds. The van der Waals surface area contributed by atoms with Crippen molar-refractivity contribution in [3.05, 3.63) is 47.4 Å². The molecule has 0 unspecified atom stereocenters. The first-order chi connectivity index (χ1) is 12.1. The van der Waals surface area contributed by atoms with E-state index in [2.05, 4.69) is 20.2 Å². The standard InChI is InChI=1S/C18H22FN5O/c19-15-8-4-3-7-13(15)11-21-17(25)14-12-22-18(23-16(14)20)24-9-5-1-2-6-10-24/h3-4,7-8,12H,1-2,5-6,9-11H2,(H,21,25)(H2,20,22,23). The Morgan fingerprint density at radius 2 is 1.92 bits per heavy atom.